The van der Waals surface area contributed by atoms with E-state index >= 15 is 0 Å². The minimum absolute atomic E-state index is 0.0151. The molecule has 2 unspecified atom stereocenters. The molecule has 0 spiro atoms. The van der Waals surface area contributed by atoms with E-state index in [9.17, 15) is 18.3 Å². The molecule has 0 bridgehead atoms. The highest BCUT2D eigenvalue weighted by Crippen LogP contribution is 2.13. The van der Waals surface area contributed by atoms with Gasteiger partial charge in [0, 0.05) is 32.2 Å². The van der Waals surface area contributed by atoms with Crippen molar-refractivity contribution in [3.05, 3.63) is 0 Å². The number of nitrogens with two attached hydrogens (primary N) is 1. The molecule has 0 aromatic heterocycles. The highest BCUT2D eigenvalue weighted by molar-refractivity contribution is 7.91. The molecule has 0 aromatic rings. The second-order valence-corrected chi connectivity index (χ2v) is 7.28. The summed E-state index contributed by atoms with van der Waals surface area (Å²) in [5.41, 5.74) is 5.76. The number of hydrogen-bond donors (Lipinski definition) is 2. The van der Waals surface area contributed by atoms with Crippen molar-refractivity contribution in [2.45, 2.75) is 18.6 Å². The largest absolute Gasteiger partial charge is 0.391 e. The van der Waals surface area contributed by atoms with Gasteiger partial charge in [-0.2, -0.15) is 0 Å². The number of nitrogens with zero attached hydrogens (tertiary/aromatic N) is 2. The highest BCUT2D eigenvalue weighted by Gasteiger charge is 2.32. The van der Waals surface area contributed by atoms with Gasteiger partial charge in [-0.05, 0) is 6.42 Å². The number of carbonyl (C=O) groups is 1. The van der Waals surface area contributed by atoms with Crippen molar-refractivity contribution in [1.82, 2.24) is 9.80 Å². The quantitative estimate of drug-likeness (QED) is 0.545. The Labute approximate surface area is 106 Å². The van der Waals surface area contributed by atoms with Crippen LogP contribution in [-0.2, 0) is 9.84 Å². The van der Waals surface area contributed by atoms with Crippen molar-refractivity contribution < 1.29 is 18.3 Å². The predicted octanol–water partition coefficient (Wildman–Crippen LogP) is -1.77. The molecular weight excluding hydrogens is 258 g/mol. The fourth-order valence-electron chi connectivity index (χ4n) is 2.37. The van der Waals surface area contributed by atoms with Crippen LogP contribution in [0.2, 0.25) is 0 Å². The van der Waals surface area contributed by atoms with Gasteiger partial charge in [0.1, 0.15) is 0 Å². The minimum atomic E-state index is -2.99. The topological polar surface area (TPSA) is 104 Å². The van der Waals surface area contributed by atoms with E-state index in [0.717, 1.165) is 0 Å². The van der Waals surface area contributed by atoms with Crippen LogP contribution in [0.3, 0.4) is 0 Å². The maximum atomic E-state index is 12.1. The average molecular weight is 277 g/mol. The van der Waals surface area contributed by atoms with Gasteiger partial charge in [-0.3, -0.25) is 0 Å². The van der Waals surface area contributed by atoms with Crippen molar-refractivity contribution in [2.24, 2.45) is 5.73 Å². The summed E-state index contributed by atoms with van der Waals surface area (Å²) in [6.45, 7) is 1.14. The molecule has 18 heavy (non-hydrogen) atoms. The van der Waals surface area contributed by atoms with Gasteiger partial charge < -0.3 is 20.6 Å². The summed E-state index contributed by atoms with van der Waals surface area (Å²) < 4.78 is 22.6. The number of likely N-dealkylation sites (tertiary alicyclic amines) is 1. The number of rotatable bonds is 0. The van der Waals surface area contributed by atoms with E-state index in [2.05, 4.69) is 0 Å². The van der Waals surface area contributed by atoms with Crippen molar-refractivity contribution in [2.75, 3.05) is 37.7 Å². The minimum Gasteiger partial charge on any atom is -0.391 e. The Morgan fingerprint density at radius 2 is 1.78 bits per heavy atom. The van der Waals surface area contributed by atoms with Gasteiger partial charge >= 0.3 is 6.03 Å². The van der Waals surface area contributed by atoms with Crippen LogP contribution in [0.4, 0.5) is 4.79 Å². The summed E-state index contributed by atoms with van der Waals surface area (Å²) in [5, 5.41) is 9.59. The molecule has 0 saturated carbocycles. The number of carbonyl (C=O) groups excluding carboxylic acids is 1. The number of sulfone groups is 1. The van der Waals surface area contributed by atoms with Gasteiger partial charge in [0.2, 0.25) is 0 Å². The Bertz CT molecular complexity index is 401. The van der Waals surface area contributed by atoms with Crippen LogP contribution in [0.5, 0.6) is 0 Å². The predicted molar refractivity (Wildman–Crippen MR) is 65.8 cm³/mol. The Morgan fingerprint density at radius 3 is 2.33 bits per heavy atom. The Hall–Kier alpha value is -0.860. The first kappa shape index (κ1) is 13.6. The first-order chi connectivity index (χ1) is 8.37. The number of amides is 2. The number of piperidine rings is 1. The molecule has 3 N–H and O–H groups in total. The zero-order valence-electron chi connectivity index (χ0n) is 10.2. The monoisotopic (exact) mass is 277 g/mol. The number of hydrogen-bond acceptors (Lipinski definition) is 5. The molecule has 0 aliphatic carbocycles. The first-order valence-corrected chi connectivity index (χ1v) is 7.87. The highest BCUT2D eigenvalue weighted by atomic mass is 32.2. The molecule has 2 aliphatic heterocycles. The summed E-state index contributed by atoms with van der Waals surface area (Å²) in [4.78, 5) is 15.2. The lowest BCUT2D eigenvalue weighted by Gasteiger charge is -2.38. The van der Waals surface area contributed by atoms with E-state index < -0.39 is 15.9 Å². The Kier molecular flexibility index (Phi) is 3.79. The zero-order valence-corrected chi connectivity index (χ0v) is 11.0. The van der Waals surface area contributed by atoms with Gasteiger partial charge in [0.05, 0.1) is 17.6 Å². The summed E-state index contributed by atoms with van der Waals surface area (Å²) in [6, 6.07) is -0.440. The fraction of sp³-hybridized carbons (Fsp3) is 0.900. The normalized spacial score (nSPS) is 32.3. The van der Waals surface area contributed by atoms with Crippen LogP contribution in [0.15, 0.2) is 0 Å². The zero-order chi connectivity index (χ0) is 13.3. The summed E-state index contributed by atoms with van der Waals surface area (Å²) in [6.07, 6.45) is -0.0933. The summed E-state index contributed by atoms with van der Waals surface area (Å²) >= 11 is 0. The number of β-amino-alcohol motifs (C(OH)–C–C–N with tert-alkyl or cyclic N) is 1. The molecule has 7 nitrogen and oxygen atoms in total. The molecule has 2 heterocycles. The van der Waals surface area contributed by atoms with E-state index in [0.29, 0.717) is 13.0 Å². The Balaban J connectivity index is 1.95. The van der Waals surface area contributed by atoms with Crippen molar-refractivity contribution in [1.29, 1.82) is 0 Å². The fourth-order valence-corrected chi connectivity index (χ4v) is 3.57. The van der Waals surface area contributed by atoms with Crippen molar-refractivity contribution in [3.8, 4) is 0 Å². The second kappa shape index (κ2) is 5.02. The maximum Gasteiger partial charge on any atom is 0.320 e. The molecule has 0 radical (unpaired) electrons. The van der Waals surface area contributed by atoms with Gasteiger partial charge in [-0.15, -0.1) is 0 Å². The van der Waals surface area contributed by atoms with E-state index in [1.807, 2.05) is 0 Å². The lowest BCUT2D eigenvalue weighted by atomic mass is 10.0. The van der Waals surface area contributed by atoms with Crippen molar-refractivity contribution >= 4 is 15.9 Å². The standard InChI is InChI=1S/C10H19N3O4S/c11-8-5-9(14)7-13(6-8)10(15)12-1-3-18(16,17)4-2-12/h8-9,14H,1-7,11H2. The molecular formula is C10H19N3O4S. The second-order valence-electron chi connectivity index (χ2n) is 4.98. The van der Waals surface area contributed by atoms with E-state index in [-0.39, 0.29) is 43.2 Å². The van der Waals surface area contributed by atoms with E-state index in [1.54, 1.807) is 0 Å². The Morgan fingerprint density at radius 1 is 1.17 bits per heavy atom. The number of aliphatic hydroxyl groups is 1. The van der Waals surface area contributed by atoms with Crippen LogP contribution in [0, 0.1) is 0 Å². The van der Waals surface area contributed by atoms with Crippen LogP contribution < -0.4 is 5.73 Å². The smallest absolute Gasteiger partial charge is 0.320 e. The third kappa shape index (κ3) is 3.12. The maximum absolute atomic E-state index is 12.1. The number of aliphatic hydroxyl groups excluding tert-OH is 1. The number of urea groups is 1. The third-order valence-electron chi connectivity index (χ3n) is 3.35. The molecule has 2 saturated heterocycles. The van der Waals surface area contributed by atoms with Crippen LogP contribution in [-0.4, -0.2) is 79.2 Å². The van der Waals surface area contributed by atoms with Crippen LogP contribution in [0.1, 0.15) is 6.42 Å². The lowest BCUT2D eigenvalue weighted by Crippen LogP contribution is -2.57. The molecule has 2 fully saturated rings. The molecule has 104 valence electrons. The van der Waals surface area contributed by atoms with Crippen LogP contribution >= 0.6 is 0 Å². The van der Waals surface area contributed by atoms with Gasteiger partial charge in [-0.1, -0.05) is 0 Å². The molecule has 2 amide bonds. The molecule has 0 aromatic carbocycles. The lowest BCUT2D eigenvalue weighted by molar-refractivity contribution is 0.0633. The van der Waals surface area contributed by atoms with Crippen LogP contribution in [0.25, 0.3) is 0 Å². The van der Waals surface area contributed by atoms with Gasteiger partial charge in [0.15, 0.2) is 9.84 Å². The first-order valence-electron chi connectivity index (χ1n) is 6.05. The van der Waals surface area contributed by atoms with E-state index in [1.165, 1.54) is 9.80 Å². The molecule has 2 aliphatic rings. The van der Waals surface area contributed by atoms with Crippen molar-refractivity contribution in [3.63, 3.8) is 0 Å². The third-order valence-corrected chi connectivity index (χ3v) is 4.96. The average Bonchev–Trinajstić information content (AvgIpc) is 2.27. The van der Waals surface area contributed by atoms with E-state index in [4.69, 9.17) is 5.73 Å². The van der Waals surface area contributed by atoms with Gasteiger partial charge in [-0.25, -0.2) is 13.2 Å². The molecule has 2 atom stereocenters. The molecule has 8 heteroatoms. The van der Waals surface area contributed by atoms with Gasteiger partial charge in [0.25, 0.3) is 0 Å². The SMILES string of the molecule is NC1CC(O)CN(C(=O)N2CCS(=O)(=O)CC2)C1. The summed E-state index contributed by atoms with van der Waals surface area (Å²) in [7, 11) is -2.99. The summed E-state index contributed by atoms with van der Waals surface area (Å²) in [5.74, 6) is 0.0301. The molecule has 2 rings (SSSR count).